The predicted octanol–water partition coefficient (Wildman–Crippen LogP) is 3.75. The number of benzene rings is 2. The van der Waals surface area contributed by atoms with Gasteiger partial charge in [0.05, 0.1) is 19.3 Å². The van der Waals surface area contributed by atoms with E-state index in [-0.39, 0.29) is 43.3 Å². The molecule has 0 bridgehead atoms. The zero-order valence-electron chi connectivity index (χ0n) is 18.1. The molecule has 1 aliphatic heterocycles. The minimum Gasteiger partial charge on any atom is -0.379 e. The number of nitrogens with zero attached hydrogens (tertiary/aromatic N) is 1. The van der Waals surface area contributed by atoms with Crippen molar-refractivity contribution >= 4 is 15.9 Å². The monoisotopic (exact) mass is 448 g/mol. The summed E-state index contributed by atoms with van der Waals surface area (Å²) in [6.07, 6.45) is 0.683. The first kappa shape index (κ1) is 23.4. The van der Waals surface area contributed by atoms with E-state index in [0.29, 0.717) is 6.42 Å². The zero-order chi connectivity index (χ0) is 22.6. The minimum atomic E-state index is -4.06. The quantitative estimate of drug-likeness (QED) is 0.730. The van der Waals surface area contributed by atoms with Crippen molar-refractivity contribution in [2.75, 3.05) is 26.3 Å². The predicted molar refractivity (Wildman–Crippen MR) is 117 cm³/mol. The molecule has 6 nitrogen and oxygen atoms in total. The molecule has 1 heterocycles. The van der Waals surface area contributed by atoms with E-state index in [9.17, 15) is 17.6 Å². The summed E-state index contributed by atoms with van der Waals surface area (Å²) in [4.78, 5) is 12.5. The molecule has 31 heavy (non-hydrogen) atoms. The van der Waals surface area contributed by atoms with Crippen molar-refractivity contribution in [2.45, 2.75) is 38.1 Å². The van der Waals surface area contributed by atoms with E-state index in [1.54, 1.807) is 0 Å². The van der Waals surface area contributed by atoms with Gasteiger partial charge in [-0.15, -0.1) is 0 Å². The third-order valence-corrected chi connectivity index (χ3v) is 7.02. The molecule has 2 aromatic carbocycles. The van der Waals surface area contributed by atoms with Gasteiger partial charge in [-0.1, -0.05) is 51.1 Å². The van der Waals surface area contributed by atoms with Crippen molar-refractivity contribution in [1.82, 2.24) is 9.62 Å². The van der Waals surface area contributed by atoms with Crippen LogP contribution >= 0.6 is 0 Å². The Hall–Kier alpha value is -2.29. The first-order valence-electron chi connectivity index (χ1n) is 10.3. The largest absolute Gasteiger partial charge is 0.379 e. The van der Waals surface area contributed by atoms with Gasteiger partial charge in [0.2, 0.25) is 10.0 Å². The highest BCUT2D eigenvalue weighted by Gasteiger charge is 2.30. The molecule has 1 unspecified atom stereocenters. The van der Waals surface area contributed by atoms with Crippen LogP contribution in [0.2, 0.25) is 0 Å². The lowest BCUT2D eigenvalue weighted by molar-refractivity contribution is 0.0729. The Bertz CT molecular complexity index is 1010. The van der Waals surface area contributed by atoms with Crippen LogP contribution in [0, 0.1) is 11.2 Å². The lowest BCUT2D eigenvalue weighted by atomic mass is 9.85. The normalized spacial score (nSPS) is 16.6. The molecule has 0 radical (unpaired) electrons. The number of nitrogens with one attached hydrogen (secondary N) is 1. The van der Waals surface area contributed by atoms with E-state index in [2.05, 4.69) is 26.1 Å². The molecule has 168 valence electrons. The summed E-state index contributed by atoms with van der Waals surface area (Å²) in [6.45, 7) is 7.07. The first-order chi connectivity index (χ1) is 14.6. The standard InChI is InChI=1S/C23H29FN2O4S/c1-23(2,3)16-20(17-7-5-4-6-8-17)25-22(27)18-9-10-19(24)21(15-18)31(28,29)26-11-13-30-14-12-26/h4-10,15,20H,11-14,16H2,1-3H3,(H,25,27). The van der Waals surface area contributed by atoms with Gasteiger partial charge < -0.3 is 10.1 Å². The maximum absolute atomic E-state index is 14.5. The number of halogens is 1. The zero-order valence-corrected chi connectivity index (χ0v) is 18.9. The van der Waals surface area contributed by atoms with Crippen molar-refractivity contribution < 1.29 is 22.3 Å². The second-order valence-electron chi connectivity index (χ2n) is 8.86. The summed E-state index contributed by atoms with van der Waals surface area (Å²) < 4.78 is 46.7. The van der Waals surface area contributed by atoms with E-state index in [4.69, 9.17) is 4.74 Å². The minimum absolute atomic E-state index is 0.0541. The maximum atomic E-state index is 14.5. The molecular formula is C23H29FN2O4S. The van der Waals surface area contributed by atoms with Crippen molar-refractivity contribution in [3.63, 3.8) is 0 Å². The molecule has 0 aromatic heterocycles. The fraction of sp³-hybridized carbons (Fsp3) is 0.435. The van der Waals surface area contributed by atoms with Crippen LogP contribution < -0.4 is 5.32 Å². The van der Waals surface area contributed by atoms with Gasteiger partial charge in [0.25, 0.3) is 5.91 Å². The molecule has 0 saturated carbocycles. The number of hydrogen-bond acceptors (Lipinski definition) is 4. The van der Waals surface area contributed by atoms with Gasteiger partial charge >= 0.3 is 0 Å². The van der Waals surface area contributed by atoms with Gasteiger partial charge in [0, 0.05) is 18.7 Å². The van der Waals surface area contributed by atoms with Crippen molar-refractivity contribution in [3.8, 4) is 0 Å². The van der Waals surface area contributed by atoms with Gasteiger partial charge in [-0.05, 0) is 35.6 Å². The number of ether oxygens (including phenoxy) is 1. The fourth-order valence-electron chi connectivity index (χ4n) is 3.56. The van der Waals surface area contributed by atoms with Crippen LogP contribution in [0.3, 0.4) is 0 Å². The number of hydrogen-bond donors (Lipinski definition) is 1. The molecule has 8 heteroatoms. The molecule has 3 rings (SSSR count). The van der Waals surface area contributed by atoms with Gasteiger partial charge in [0.1, 0.15) is 10.7 Å². The van der Waals surface area contributed by atoms with E-state index >= 15 is 0 Å². The highest BCUT2D eigenvalue weighted by atomic mass is 32.2. The van der Waals surface area contributed by atoms with Crippen LogP contribution in [0.4, 0.5) is 4.39 Å². The topological polar surface area (TPSA) is 75.7 Å². The van der Waals surface area contributed by atoms with E-state index < -0.39 is 26.6 Å². The Balaban J connectivity index is 1.88. The van der Waals surface area contributed by atoms with Crippen LogP contribution in [0.1, 0.15) is 49.2 Å². The van der Waals surface area contributed by atoms with Crippen molar-refractivity contribution in [1.29, 1.82) is 0 Å². The third kappa shape index (κ3) is 5.90. The number of amides is 1. The number of carbonyl (C=O) groups excluding carboxylic acids is 1. The summed E-state index contributed by atoms with van der Waals surface area (Å²) in [7, 11) is -4.06. The molecule has 1 amide bonds. The molecule has 1 N–H and O–H groups in total. The lowest BCUT2D eigenvalue weighted by Gasteiger charge is -2.28. The maximum Gasteiger partial charge on any atom is 0.251 e. The average Bonchev–Trinajstić information content (AvgIpc) is 2.73. The summed E-state index contributed by atoms with van der Waals surface area (Å²) >= 11 is 0. The van der Waals surface area contributed by atoms with E-state index in [0.717, 1.165) is 17.7 Å². The number of carbonyl (C=O) groups is 1. The summed E-state index contributed by atoms with van der Waals surface area (Å²) in [5.41, 5.74) is 0.999. The Morgan fingerprint density at radius 3 is 2.39 bits per heavy atom. The van der Waals surface area contributed by atoms with E-state index in [1.807, 2.05) is 30.3 Å². The van der Waals surface area contributed by atoms with Crippen LogP contribution in [-0.4, -0.2) is 44.9 Å². The molecular weight excluding hydrogens is 419 g/mol. The van der Waals surface area contributed by atoms with Gasteiger partial charge in [0.15, 0.2) is 0 Å². The van der Waals surface area contributed by atoms with Crippen LogP contribution in [0.5, 0.6) is 0 Å². The number of sulfonamides is 1. The van der Waals surface area contributed by atoms with Gasteiger partial charge in [-0.25, -0.2) is 12.8 Å². The first-order valence-corrected chi connectivity index (χ1v) is 11.8. The van der Waals surface area contributed by atoms with Crippen LogP contribution in [0.15, 0.2) is 53.4 Å². The lowest BCUT2D eigenvalue weighted by Crippen LogP contribution is -2.41. The molecule has 1 aliphatic rings. The molecule has 1 atom stereocenters. The van der Waals surface area contributed by atoms with Gasteiger partial charge in [-0.2, -0.15) is 4.31 Å². The highest BCUT2D eigenvalue weighted by molar-refractivity contribution is 7.89. The molecule has 1 fully saturated rings. The second-order valence-corrected chi connectivity index (χ2v) is 10.8. The molecule has 0 spiro atoms. The molecule has 0 aliphatic carbocycles. The summed E-state index contributed by atoms with van der Waals surface area (Å²) in [5, 5.41) is 2.99. The SMILES string of the molecule is CC(C)(C)CC(NC(=O)c1ccc(F)c(S(=O)(=O)N2CCOCC2)c1)c1ccccc1. The summed E-state index contributed by atoms with van der Waals surface area (Å²) in [6, 6.07) is 12.8. The molecule has 1 saturated heterocycles. The number of morpholine rings is 1. The van der Waals surface area contributed by atoms with E-state index in [1.165, 1.54) is 10.4 Å². The van der Waals surface area contributed by atoms with Gasteiger partial charge in [-0.3, -0.25) is 4.79 Å². The average molecular weight is 449 g/mol. The Kier molecular flexibility index (Phi) is 7.13. The third-order valence-electron chi connectivity index (χ3n) is 5.11. The van der Waals surface area contributed by atoms with Crippen LogP contribution in [-0.2, 0) is 14.8 Å². The summed E-state index contributed by atoms with van der Waals surface area (Å²) in [5.74, 6) is -1.33. The fourth-order valence-corrected chi connectivity index (χ4v) is 5.06. The Morgan fingerprint density at radius 2 is 1.77 bits per heavy atom. The highest BCUT2D eigenvalue weighted by Crippen LogP contribution is 2.30. The molecule has 2 aromatic rings. The Morgan fingerprint density at radius 1 is 1.13 bits per heavy atom. The van der Waals surface area contributed by atoms with Crippen molar-refractivity contribution in [3.05, 3.63) is 65.5 Å². The van der Waals surface area contributed by atoms with Crippen molar-refractivity contribution in [2.24, 2.45) is 5.41 Å². The smallest absolute Gasteiger partial charge is 0.251 e. The van der Waals surface area contributed by atoms with Crippen LogP contribution in [0.25, 0.3) is 0 Å². The Labute approximate surface area is 183 Å². The number of rotatable bonds is 6. The second kappa shape index (κ2) is 9.46.